The van der Waals surface area contributed by atoms with Gasteiger partial charge in [-0.25, -0.2) is 0 Å². The van der Waals surface area contributed by atoms with E-state index in [9.17, 15) is 9.59 Å². The number of hydrogen-bond donors (Lipinski definition) is 0. The first kappa shape index (κ1) is 15.4. The van der Waals surface area contributed by atoms with Crippen LogP contribution in [0.5, 0.6) is 0 Å². The second kappa shape index (κ2) is 5.97. The molecule has 0 bridgehead atoms. The molecule has 3 rings (SSSR count). The highest BCUT2D eigenvalue weighted by Gasteiger charge is 2.46. The summed E-state index contributed by atoms with van der Waals surface area (Å²) < 4.78 is 6.07. The maximum absolute atomic E-state index is 13.0. The summed E-state index contributed by atoms with van der Waals surface area (Å²) in [6.07, 6.45) is 7.16. The largest absolute Gasteiger partial charge is 0.347 e. The van der Waals surface area contributed by atoms with Gasteiger partial charge in [0, 0.05) is 5.69 Å². The van der Waals surface area contributed by atoms with Crippen LogP contribution < -0.4 is 4.90 Å². The van der Waals surface area contributed by atoms with Crippen molar-refractivity contribution in [2.24, 2.45) is 5.92 Å². The molecule has 0 N–H and O–H groups in total. The predicted octanol–water partition coefficient (Wildman–Crippen LogP) is 3.02. The fourth-order valence-electron chi connectivity index (χ4n) is 2.99. The molecule has 0 radical (unpaired) electrons. The summed E-state index contributed by atoms with van der Waals surface area (Å²) >= 11 is 0. The molecule has 0 saturated carbocycles. The smallest absolute Gasteiger partial charge is 0.235 e. The molecular formula is C19H19NO3. The first-order chi connectivity index (χ1) is 11.1. The Labute approximate surface area is 135 Å². The number of ketones is 1. The van der Waals surface area contributed by atoms with Gasteiger partial charge in [-0.1, -0.05) is 24.3 Å². The molecule has 1 aliphatic carbocycles. The van der Waals surface area contributed by atoms with E-state index >= 15 is 0 Å². The quantitative estimate of drug-likeness (QED) is 0.806. The third-order valence-corrected chi connectivity index (χ3v) is 4.19. The third-order valence-electron chi connectivity index (χ3n) is 4.19. The Kier molecular flexibility index (Phi) is 4.01. The van der Waals surface area contributed by atoms with Crippen LogP contribution in [0.3, 0.4) is 0 Å². The van der Waals surface area contributed by atoms with Crippen LogP contribution in [0.25, 0.3) is 0 Å². The van der Waals surface area contributed by atoms with E-state index in [1.165, 1.54) is 6.08 Å². The number of rotatable bonds is 3. The standard InChI is InChI=1S/C19H19NO3/c1-3-7-15-13-23-19(11-10-17(21)14(2)12-19)20(18(15)22)16-8-5-4-6-9-16/h3-6,8-12,15H,1,7,13H2,2H3. The number of anilines is 1. The van der Waals surface area contributed by atoms with E-state index in [0.29, 0.717) is 18.6 Å². The van der Waals surface area contributed by atoms with Gasteiger partial charge in [-0.3, -0.25) is 14.5 Å². The molecule has 1 aromatic rings. The molecule has 4 heteroatoms. The van der Waals surface area contributed by atoms with Crippen molar-refractivity contribution in [2.45, 2.75) is 19.1 Å². The zero-order valence-electron chi connectivity index (χ0n) is 13.1. The Hall–Kier alpha value is -2.46. The maximum atomic E-state index is 13.0. The highest BCUT2D eigenvalue weighted by molar-refractivity contribution is 6.06. The van der Waals surface area contributed by atoms with Crippen LogP contribution in [-0.4, -0.2) is 24.0 Å². The van der Waals surface area contributed by atoms with Crippen molar-refractivity contribution in [3.63, 3.8) is 0 Å². The predicted molar refractivity (Wildman–Crippen MR) is 88.8 cm³/mol. The van der Waals surface area contributed by atoms with Gasteiger partial charge >= 0.3 is 0 Å². The van der Waals surface area contributed by atoms with Crippen LogP contribution >= 0.6 is 0 Å². The lowest BCUT2D eigenvalue weighted by atomic mass is 9.92. The molecule has 2 atom stereocenters. The van der Waals surface area contributed by atoms with Crippen molar-refractivity contribution in [1.29, 1.82) is 0 Å². The van der Waals surface area contributed by atoms with E-state index in [1.807, 2.05) is 30.3 Å². The molecule has 118 valence electrons. The van der Waals surface area contributed by atoms with Crippen LogP contribution in [0, 0.1) is 5.92 Å². The van der Waals surface area contributed by atoms with Crippen molar-refractivity contribution in [1.82, 2.24) is 0 Å². The van der Waals surface area contributed by atoms with Crippen molar-refractivity contribution >= 4 is 17.4 Å². The second-order valence-electron chi connectivity index (χ2n) is 5.82. The van der Waals surface area contributed by atoms with Gasteiger partial charge in [0.25, 0.3) is 0 Å². The van der Waals surface area contributed by atoms with Crippen LogP contribution in [0.4, 0.5) is 5.69 Å². The Balaban J connectivity index is 2.09. The lowest BCUT2D eigenvalue weighted by Gasteiger charge is -2.46. The number of carbonyl (C=O) groups is 2. The first-order valence-corrected chi connectivity index (χ1v) is 7.64. The number of allylic oxidation sites excluding steroid dienone is 3. The number of carbonyl (C=O) groups excluding carboxylic acids is 2. The van der Waals surface area contributed by atoms with E-state index < -0.39 is 5.72 Å². The monoisotopic (exact) mass is 309 g/mol. The van der Waals surface area contributed by atoms with E-state index in [4.69, 9.17) is 4.74 Å². The lowest BCUT2D eigenvalue weighted by molar-refractivity contribution is -0.137. The number of hydrogen-bond acceptors (Lipinski definition) is 3. The van der Waals surface area contributed by atoms with Gasteiger partial charge in [0.1, 0.15) is 0 Å². The van der Waals surface area contributed by atoms with Crippen molar-refractivity contribution in [3.05, 3.63) is 66.8 Å². The van der Waals surface area contributed by atoms with Gasteiger partial charge in [-0.15, -0.1) is 6.58 Å². The van der Waals surface area contributed by atoms with Crippen LogP contribution in [0.2, 0.25) is 0 Å². The average Bonchev–Trinajstić information content (AvgIpc) is 2.55. The molecular weight excluding hydrogens is 290 g/mol. The van der Waals surface area contributed by atoms with Gasteiger partial charge in [-0.2, -0.15) is 0 Å². The summed E-state index contributed by atoms with van der Waals surface area (Å²) in [4.78, 5) is 26.4. The highest BCUT2D eigenvalue weighted by Crippen LogP contribution is 2.37. The fourth-order valence-corrected chi connectivity index (χ4v) is 2.99. The molecule has 0 aromatic heterocycles. The lowest BCUT2D eigenvalue weighted by Crippen LogP contribution is -2.59. The first-order valence-electron chi connectivity index (χ1n) is 7.64. The summed E-state index contributed by atoms with van der Waals surface area (Å²) in [5, 5.41) is 0. The number of amides is 1. The van der Waals surface area contributed by atoms with Gasteiger partial charge in [0.15, 0.2) is 11.5 Å². The molecule has 1 fully saturated rings. The number of para-hydroxylation sites is 1. The Morgan fingerprint density at radius 3 is 2.74 bits per heavy atom. The zero-order valence-corrected chi connectivity index (χ0v) is 13.1. The second-order valence-corrected chi connectivity index (χ2v) is 5.82. The van der Waals surface area contributed by atoms with Gasteiger partial charge in [0.05, 0.1) is 12.5 Å². The van der Waals surface area contributed by atoms with E-state index in [0.717, 1.165) is 5.69 Å². The van der Waals surface area contributed by atoms with E-state index in [-0.39, 0.29) is 17.6 Å². The summed E-state index contributed by atoms with van der Waals surface area (Å²) in [5.74, 6) is -0.351. The van der Waals surface area contributed by atoms with Crippen LogP contribution in [0.1, 0.15) is 13.3 Å². The molecule has 2 aliphatic rings. The molecule has 23 heavy (non-hydrogen) atoms. The number of benzene rings is 1. The zero-order chi connectivity index (χ0) is 16.4. The molecule has 1 amide bonds. The Morgan fingerprint density at radius 1 is 1.35 bits per heavy atom. The average molecular weight is 309 g/mol. The highest BCUT2D eigenvalue weighted by atomic mass is 16.5. The van der Waals surface area contributed by atoms with Gasteiger partial charge < -0.3 is 4.74 Å². The van der Waals surface area contributed by atoms with Crippen molar-refractivity contribution in [2.75, 3.05) is 11.5 Å². The van der Waals surface area contributed by atoms with E-state index in [1.54, 1.807) is 30.1 Å². The summed E-state index contributed by atoms with van der Waals surface area (Å²) in [6.45, 7) is 5.75. The number of ether oxygens (including phenoxy) is 1. The molecule has 1 saturated heterocycles. The minimum atomic E-state index is -1.03. The minimum Gasteiger partial charge on any atom is -0.347 e. The number of nitrogens with zero attached hydrogens (tertiary/aromatic N) is 1. The normalized spacial score (nSPS) is 27.3. The summed E-state index contributed by atoms with van der Waals surface area (Å²) in [6, 6.07) is 9.39. The van der Waals surface area contributed by atoms with Crippen LogP contribution in [0.15, 0.2) is 66.8 Å². The summed E-state index contributed by atoms with van der Waals surface area (Å²) in [5.41, 5.74) is 0.284. The maximum Gasteiger partial charge on any atom is 0.235 e. The molecule has 1 aromatic carbocycles. The van der Waals surface area contributed by atoms with Gasteiger partial charge in [0.2, 0.25) is 5.91 Å². The molecule has 1 spiro atoms. The third kappa shape index (κ3) is 2.66. The van der Waals surface area contributed by atoms with Gasteiger partial charge in [-0.05, 0) is 49.3 Å². The SMILES string of the molecule is C=CCC1COC2(C=CC(=O)C(C)=C2)N(c2ccccc2)C1=O. The van der Waals surface area contributed by atoms with E-state index in [2.05, 4.69) is 6.58 Å². The Bertz CT molecular complexity index is 705. The molecule has 1 heterocycles. The molecule has 4 nitrogen and oxygen atoms in total. The fraction of sp³-hybridized carbons (Fsp3) is 0.263. The van der Waals surface area contributed by atoms with Crippen molar-refractivity contribution < 1.29 is 14.3 Å². The van der Waals surface area contributed by atoms with Crippen LogP contribution in [-0.2, 0) is 14.3 Å². The van der Waals surface area contributed by atoms with Crippen molar-refractivity contribution in [3.8, 4) is 0 Å². The molecule has 2 unspecified atom stereocenters. The topological polar surface area (TPSA) is 46.6 Å². The summed E-state index contributed by atoms with van der Waals surface area (Å²) in [7, 11) is 0. The Morgan fingerprint density at radius 2 is 2.09 bits per heavy atom. The minimum absolute atomic E-state index is 0.0228. The molecule has 1 aliphatic heterocycles.